The van der Waals surface area contributed by atoms with E-state index >= 15 is 0 Å². The van der Waals surface area contributed by atoms with Crippen molar-refractivity contribution in [2.75, 3.05) is 24.5 Å². The number of hydrogen-bond donors (Lipinski definition) is 0. The molecule has 0 N–H and O–H groups in total. The van der Waals surface area contributed by atoms with E-state index in [1.165, 1.54) is 16.0 Å². The predicted octanol–water partition coefficient (Wildman–Crippen LogP) is 2.54. The van der Waals surface area contributed by atoms with E-state index in [0.717, 1.165) is 18.7 Å². The van der Waals surface area contributed by atoms with Crippen LogP contribution in [0.2, 0.25) is 0 Å². The standard InChI is InChI=1S/C21H24N6O/c1-15-6-4-5-7-19(15)26-12-13-27(16(2)14-26)21(28)18-10-8-17(9-11-18)20-22-24-25(3)23-20/h4-11,16H,12-14H2,1-3H3/t16-/m1/s1. The second-order valence-corrected chi connectivity index (χ2v) is 7.26. The first-order chi connectivity index (χ1) is 13.5. The Morgan fingerprint density at radius 1 is 1.07 bits per heavy atom. The summed E-state index contributed by atoms with van der Waals surface area (Å²) in [5, 5.41) is 12.1. The molecule has 0 bridgehead atoms. The van der Waals surface area contributed by atoms with Crippen molar-refractivity contribution < 1.29 is 4.79 Å². The molecule has 3 aromatic rings. The van der Waals surface area contributed by atoms with Crippen LogP contribution in [0.5, 0.6) is 0 Å². The Bertz CT molecular complexity index is 981. The van der Waals surface area contributed by atoms with Crippen LogP contribution in [0.1, 0.15) is 22.8 Å². The highest BCUT2D eigenvalue weighted by molar-refractivity contribution is 5.95. The van der Waals surface area contributed by atoms with Crippen molar-refractivity contribution in [2.45, 2.75) is 19.9 Å². The van der Waals surface area contributed by atoms with Crippen LogP contribution in [0, 0.1) is 6.92 Å². The maximum Gasteiger partial charge on any atom is 0.254 e. The smallest absolute Gasteiger partial charge is 0.254 e. The molecule has 1 amide bonds. The van der Waals surface area contributed by atoms with E-state index in [0.29, 0.717) is 17.9 Å². The van der Waals surface area contributed by atoms with Gasteiger partial charge in [-0.15, -0.1) is 10.2 Å². The van der Waals surface area contributed by atoms with Gasteiger partial charge in [0.2, 0.25) is 5.82 Å². The fourth-order valence-electron chi connectivity index (χ4n) is 3.72. The number of carbonyl (C=O) groups is 1. The number of para-hydroxylation sites is 1. The van der Waals surface area contributed by atoms with Gasteiger partial charge in [-0.3, -0.25) is 4.79 Å². The van der Waals surface area contributed by atoms with Crippen molar-refractivity contribution in [1.82, 2.24) is 25.1 Å². The van der Waals surface area contributed by atoms with Crippen molar-refractivity contribution in [1.29, 1.82) is 0 Å². The highest BCUT2D eigenvalue weighted by Gasteiger charge is 2.28. The lowest BCUT2D eigenvalue weighted by Crippen LogP contribution is -2.54. The number of carbonyl (C=O) groups excluding carboxylic acids is 1. The van der Waals surface area contributed by atoms with E-state index < -0.39 is 0 Å². The minimum absolute atomic E-state index is 0.0654. The molecule has 0 spiro atoms. The first kappa shape index (κ1) is 18.2. The van der Waals surface area contributed by atoms with E-state index in [1.807, 2.05) is 29.2 Å². The summed E-state index contributed by atoms with van der Waals surface area (Å²) in [6, 6.07) is 16.0. The minimum atomic E-state index is 0.0654. The van der Waals surface area contributed by atoms with Gasteiger partial charge in [0.1, 0.15) is 0 Å². The average molecular weight is 376 g/mol. The van der Waals surface area contributed by atoms with Gasteiger partial charge in [-0.2, -0.15) is 4.80 Å². The summed E-state index contributed by atoms with van der Waals surface area (Å²) in [6.07, 6.45) is 0. The van der Waals surface area contributed by atoms with Gasteiger partial charge in [0.05, 0.1) is 7.05 Å². The number of hydrogen-bond acceptors (Lipinski definition) is 5. The van der Waals surface area contributed by atoms with Gasteiger partial charge >= 0.3 is 0 Å². The largest absolute Gasteiger partial charge is 0.367 e. The number of nitrogens with zero attached hydrogens (tertiary/aromatic N) is 6. The quantitative estimate of drug-likeness (QED) is 0.703. The molecule has 1 aromatic heterocycles. The molecule has 0 aliphatic carbocycles. The Morgan fingerprint density at radius 3 is 2.46 bits per heavy atom. The fraction of sp³-hybridized carbons (Fsp3) is 0.333. The molecule has 1 atom stereocenters. The van der Waals surface area contributed by atoms with Crippen molar-refractivity contribution in [3.63, 3.8) is 0 Å². The average Bonchev–Trinajstić information content (AvgIpc) is 3.14. The second kappa shape index (κ2) is 7.42. The topological polar surface area (TPSA) is 67.2 Å². The lowest BCUT2D eigenvalue weighted by molar-refractivity contribution is 0.0674. The highest BCUT2D eigenvalue weighted by Crippen LogP contribution is 2.24. The van der Waals surface area contributed by atoms with Crippen LogP contribution in [0.3, 0.4) is 0 Å². The number of aromatic nitrogens is 4. The highest BCUT2D eigenvalue weighted by atomic mass is 16.2. The van der Waals surface area contributed by atoms with Crippen LogP contribution in [-0.2, 0) is 7.05 Å². The lowest BCUT2D eigenvalue weighted by atomic mass is 10.1. The minimum Gasteiger partial charge on any atom is -0.367 e. The second-order valence-electron chi connectivity index (χ2n) is 7.26. The number of benzene rings is 2. The molecule has 7 nitrogen and oxygen atoms in total. The summed E-state index contributed by atoms with van der Waals surface area (Å²) >= 11 is 0. The number of rotatable bonds is 3. The third kappa shape index (κ3) is 3.47. The maximum atomic E-state index is 13.0. The molecule has 7 heteroatoms. The summed E-state index contributed by atoms with van der Waals surface area (Å²) in [5.74, 6) is 0.623. The number of aryl methyl sites for hydroxylation is 2. The molecule has 2 heterocycles. The van der Waals surface area contributed by atoms with Crippen LogP contribution >= 0.6 is 0 Å². The molecule has 1 aliphatic heterocycles. The van der Waals surface area contributed by atoms with E-state index in [2.05, 4.69) is 58.4 Å². The zero-order valence-corrected chi connectivity index (χ0v) is 16.4. The molecule has 1 aliphatic rings. The van der Waals surface area contributed by atoms with Crippen LogP contribution in [-0.4, -0.2) is 56.7 Å². The number of piperazine rings is 1. The molecule has 1 fully saturated rings. The first-order valence-electron chi connectivity index (χ1n) is 9.49. The normalized spacial score (nSPS) is 17.0. The number of anilines is 1. The van der Waals surface area contributed by atoms with E-state index in [1.54, 1.807) is 7.05 Å². The number of amides is 1. The summed E-state index contributed by atoms with van der Waals surface area (Å²) in [4.78, 5) is 18.8. The maximum absolute atomic E-state index is 13.0. The predicted molar refractivity (Wildman–Crippen MR) is 108 cm³/mol. The molecule has 1 saturated heterocycles. The van der Waals surface area contributed by atoms with Gasteiger partial charge in [0.25, 0.3) is 5.91 Å². The van der Waals surface area contributed by atoms with Gasteiger partial charge in [-0.05, 0) is 42.8 Å². The Kier molecular flexibility index (Phi) is 4.81. The van der Waals surface area contributed by atoms with Crippen molar-refractivity contribution in [3.05, 3.63) is 59.7 Å². The lowest BCUT2D eigenvalue weighted by Gasteiger charge is -2.41. The summed E-state index contributed by atoms with van der Waals surface area (Å²) in [7, 11) is 1.73. The van der Waals surface area contributed by atoms with E-state index in [9.17, 15) is 4.79 Å². The van der Waals surface area contributed by atoms with Gasteiger partial charge in [-0.25, -0.2) is 0 Å². The molecular weight excluding hydrogens is 352 g/mol. The summed E-state index contributed by atoms with van der Waals surface area (Å²) < 4.78 is 0. The molecular formula is C21H24N6O. The molecule has 2 aromatic carbocycles. The van der Waals surface area contributed by atoms with E-state index in [4.69, 9.17) is 0 Å². The molecule has 4 rings (SSSR count). The third-order valence-electron chi connectivity index (χ3n) is 5.24. The van der Waals surface area contributed by atoms with Crippen LogP contribution in [0.15, 0.2) is 48.5 Å². The molecule has 144 valence electrons. The van der Waals surface area contributed by atoms with E-state index in [-0.39, 0.29) is 11.9 Å². The van der Waals surface area contributed by atoms with Gasteiger partial charge in [0, 0.05) is 42.5 Å². The monoisotopic (exact) mass is 376 g/mol. The SMILES string of the molecule is Cc1ccccc1N1CCN(C(=O)c2ccc(-c3nnn(C)n3)cc2)[C@H](C)C1. The van der Waals surface area contributed by atoms with Crippen LogP contribution < -0.4 is 4.90 Å². The zero-order chi connectivity index (χ0) is 19.7. The zero-order valence-electron chi connectivity index (χ0n) is 16.4. The van der Waals surface area contributed by atoms with Crippen LogP contribution in [0.4, 0.5) is 5.69 Å². The van der Waals surface area contributed by atoms with Crippen molar-refractivity contribution in [3.8, 4) is 11.4 Å². The fourth-order valence-corrected chi connectivity index (χ4v) is 3.72. The van der Waals surface area contributed by atoms with Gasteiger partial charge in [0.15, 0.2) is 0 Å². The summed E-state index contributed by atoms with van der Waals surface area (Å²) in [6.45, 7) is 6.62. The van der Waals surface area contributed by atoms with Gasteiger partial charge in [-0.1, -0.05) is 30.3 Å². The molecule has 0 unspecified atom stereocenters. The Labute approximate surface area is 164 Å². The molecule has 28 heavy (non-hydrogen) atoms. The molecule has 0 radical (unpaired) electrons. The Balaban J connectivity index is 1.46. The number of tetrazole rings is 1. The van der Waals surface area contributed by atoms with Crippen molar-refractivity contribution >= 4 is 11.6 Å². The van der Waals surface area contributed by atoms with Gasteiger partial charge < -0.3 is 9.80 Å². The molecule has 0 saturated carbocycles. The summed E-state index contributed by atoms with van der Waals surface area (Å²) in [5.41, 5.74) is 4.05. The third-order valence-corrected chi connectivity index (χ3v) is 5.24. The van der Waals surface area contributed by atoms with Crippen LogP contribution in [0.25, 0.3) is 11.4 Å². The first-order valence-corrected chi connectivity index (χ1v) is 9.49. The Morgan fingerprint density at radius 2 is 1.82 bits per heavy atom. The Hall–Kier alpha value is -3.22. The van der Waals surface area contributed by atoms with Crippen molar-refractivity contribution in [2.24, 2.45) is 7.05 Å².